The molecular formula is C10H19NO3S. The molecule has 0 aliphatic rings. The second-order valence-corrected chi connectivity index (χ2v) is 3.95. The van der Waals surface area contributed by atoms with Crippen LogP contribution in [0.4, 0.5) is 0 Å². The number of nitrogens with one attached hydrogen (secondary N) is 1. The first kappa shape index (κ1) is 14.5. The van der Waals surface area contributed by atoms with E-state index in [1.165, 1.54) is 0 Å². The summed E-state index contributed by atoms with van der Waals surface area (Å²) in [6.07, 6.45) is 0. The van der Waals surface area contributed by atoms with Crippen LogP contribution in [0.25, 0.3) is 0 Å². The molecule has 88 valence electrons. The summed E-state index contributed by atoms with van der Waals surface area (Å²) in [5.41, 5.74) is 0.597. The lowest BCUT2D eigenvalue weighted by Gasteiger charge is -2.05. The van der Waals surface area contributed by atoms with Gasteiger partial charge in [-0.05, 0) is 0 Å². The molecule has 0 fully saturated rings. The number of amides is 1. The summed E-state index contributed by atoms with van der Waals surface area (Å²) in [6, 6.07) is 0. The zero-order chi connectivity index (χ0) is 11.5. The van der Waals surface area contributed by atoms with Crippen molar-refractivity contribution in [1.29, 1.82) is 0 Å². The Labute approximate surface area is 95.4 Å². The van der Waals surface area contributed by atoms with Crippen LogP contribution in [-0.4, -0.2) is 51.4 Å². The Bertz CT molecular complexity index is 197. The second kappa shape index (κ2) is 10.0. The van der Waals surface area contributed by atoms with Crippen LogP contribution in [0.5, 0.6) is 0 Å². The van der Waals surface area contributed by atoms with Crippen LogP contribution in [0.1, 0.15) is 0 Å². The van der Waals surface area contributed by atoms with Crippen LogP contribution in [0.2, 0.25) is 0 Å². The van der Waals surface area contributed by atoms with Crippen molar-refractivity contribution in [3.63, 3.8) is 0 Å². The van der Waals surface area contributed by atoms with Crippen molar-refractivity contribution < 1.29 is 14.3 Å². The molecule has 0 aromatic heterocycles. The number of hydrogen-bond donors (Lipinski definition) is 1. The van der Waals surface area contributed by atoms with Crippen LogP contribution in [-0.2, 0) is 14.3 Å². The van der Waals surface area contributed by atoms with Crippen molar-refractivity contribution in [2.45, 2.75) is 0 Å². The first-order valence-electron chi connectivity index (χ1n) is 4.76. The van der Waals surface area contributed by atoms with E-state index in [1.54, 1.807) is 25.9 Å². The van der Waals surface area contributed by atoms with Gasteiger partial charge in [-0.25, -0.2) is 0 Å². The Morgan fingerprint density at radius 1 is 1.40 bits per heavy atom. The fourth-order valence-corrected chi connectivity index (χ4v) is 1.56. The standard InChI is InChI=1S/C10H19NO3S/c1-9(10(12)11-2)8-15-7-6-14-5-4-13-3/h1,4-8H2,2-3H3,(H,11,12). The second-order valence-electron chi connectivity index (χ2n) is 2.84. The highest BCUT2D eigenvalue weighted by Gasteiger charge is 2.03. The van der Waals surface area contributed by atoms with Crippen LogP contribution in [0.3, 0.4) is 0 Å². The zero-order valence-electron chi connectivity index (χ0n) is 9.38. The molecule has 0 saturated carbocycles. The number of ether oxygens (including phenoxy) is 2. The van der Waals surface area contributed by atoms with Gasteiger partial charge in [-0.15, -0.1) is 0 Å². The van der Waals surface area contributed by atoms with E-state index < -0.39 is 0 Å². The molecule has 4 nitrogen and oxygen atoms in total. The number of thioether (sulfide) groups is 1. The van der Waals surface area contributed by atoms with E-state index in [-0.39, 0.29) is 5.91 Å². The molecule has 0 atom stereocenters. The third kappa shape index (κ3) is 8.47. The molecule has 0 aromatic carbocycles. The van der Waals surface area contributed by atoms with Gasteiger partial charge in [0, 0.05) is 31.2 Å². The molecule has 0 rings (SSSR count). The molecule has 15 heavy (non-hydrogen) atoms. The van der Waals surface area contributed by atoms with Crippen LogP contribution >= 0.6 is 11.8 Å². The van der Waals surface area contributed by atoms with Gasteiger partial charge in [0.15, 0.2) is 0 Å². The van der Waals surface area contributed by atoms with E-state index in [0.29, 0.717) is 31.1 Å². The third-order valence-corrected chi connectivity index (χ3v) is 2.64. The van der Waals surface area contributed by atoms with Crippen molar-refractivity contribution >= 4 is 17.7 Å². The Kier molecular flexibility index (Phi) is 9.67. The normalized spacial score (nSPS) is 10.0. The van der Waals surface area contributed by atoms with Gasteiger partial charge in [0.05, 0.1) is 19.8 Å². The average Bonchev–Trinajstić information content (AvgIpc) is 2.26. The van der Waals surface area contributed by atoms with Crippen molar-refractivity contribution in [3.8, 4) is 0 Å². The Morgan fingerprint density at radius 3 is 2.73 bits per heavy atom. The van der Waals surface area contributed by atoms with Gasteiger partial charge in [0.25, 0.3) is 0 Å². The van der Waals surface area contributed by atoms with Gasteiger partial charge in [-0.2, -0.15) is 11.8 Å². The molecule has 0 spiro atoms. The first-order valence-corrected chi connectivity index (χ1v) is 5.92. The summed E-state index contributed by atoms with van der Waals surface area (Å²) in [4.78, 5) is 11.0. The summed E-state index contributed by atoms with van der Waals surface area (Å²) in [7, 11) is 3.25. The van der Waals surface area contributed by atoms with Crippen molar-refractivity contribution in [2.75, 3.05) is 45.5 Å². The summed E-state index contributed by atoms with van der Waals surface area (Å²) >= 11 is 1.64. The number of rotatable bonds is 9. The minimum atomic E-state index is -0.0946. The third-order valence-electron chi connectivity index (χ3n) is 1.63. The van der Waals surface area contributed by atoms with Gasteiger partial charge >= 0.3 is 0 Å². The lowest BCUT2D eigenvalue weighted by molar-refractivity contribution is -0.116. The molecule has 0 saturated heterocycles. The molecule has 1 amide bonds. The number of methoxy groups -OCH3 is 1. The van der Waals surface area contributed by atoms with Gasteiger partial charge in [-0.1, -0.05) is 6.58 Å². The SMILES string of the molecule is C=C(CSCCOCCOC)C(=O)NC. The molecule has 0 heterocycles. The Hall–Kier alpha value is -0.520. The monoisotopic (exact) mass is 233 g/mol. The van der Waals surface area contributed by atoms with Gasteiger partial charge < -0.3 is 14.8 Å². The lowest BCUT2D eigenvalue weighted by atomic mass is 10.3. The maximum atomic E-state index is 11.0. The summed E-state index contributed by atoms with van der Waals surface area (Å²) in [5, 5.41) is 2.53. The molecule has 0 aliphatic carbocycles. The van der Waals surface area contributed by atoms with Gasteiger partial charge in [0.1, 0.15) is 0 Å². The van der Waals surface area contributed by atoms with Crippen molar-refractivity contribution in [3.05, 3.63) is 12.2 Å². The summed E-state index contributed by atoms with van der Waals surface area (Å²) < 4.78 is 10.1. The van der Waals surface area contributed by atoms with E-state index in [2.05, 4.69) is 11.9 Å². The Balaban J connectivity index is 3.24. The zero-order valence-corrected chi connectivity index (χ0v) is 10.2. The first-order chi connectivity index (χ1) is 7.22. The largest absolute Gasteiger partial charge is 0.382 e. The minimum Gasteiger partial charge on any atom is -0.382 e. The summed E-state index contributed by atoms with van der Waals surface area (Å²) in [6.45, 7) is 5.59. The maximum absolute atomic E-state index is 11.0. The molecule has 0 radical (unpaired) electrons. The van der Waals surface area contributed by atoms with Crippen LogP contribution in [0.15, 0.2) is 12.2 Å². The number of likely N-dealkylation sites (N-methyl/N-ethyl adjacent to an activating group) is 1. The predicted molar refractivity (Wildman–Crippen MR) is 63.2 cm³/mol. The topological polar surface area (TPSA) is 47.6 Å². The molecule has 0 unspecified atom stereocenters. The van der Waals surface area contributed by atoms with Crippen molar-refractivity contribution in [2.24, 2.45) is 0 Å². The van der Waals surface area contributed by atoms with Gasteiger partial charge in [-0.3, -0.25) is 4.79 Å². The summed E-state index contributed by atoms with van der Waals surface area (Å²) in [5.74, 6) is 1.41. The molecule has 0 aromatic rings. The van der Waals surface area contributed by atoms with Gasteiger partial charge in [0.2, 0.25) is 5.91 Å². The highest BCUT2D eigenvalue weighted by atomic mass is 32.2. The Morgan fingerprint density at radius 2 is 2.13 bits per heavy atom. The number of carbonyl (C=O) groups is 1. The van der Waals surface area contributed by atoms with E-state index in [0.717, 1.165) is 5.75 Å². The highest BCUT2D eigenvalue weighted by molar-refractivity contribution is 7.99. The van der Waals surface area contributed by atoms with Crippen LogP contribution in [0, 0.1) is 0 Å². The lowest BCUT2D eigenvalue weighted by Crippen LogP contribution is -2.20. The smallest absolute Gasteiger partial charge is 0.247 e. The number of hydrogen-bond acceptors (Lipinski definition) is 4. The van der Waals surface area contributed by atoms with E-state index in [1.807, 2.05) is 0 Å². The maximum Gasteiger partial charge on any atom is 0.247 e. The number of carbonyl (C=O) groups excluding carboxylic acids is 1. The predicted octanol–water partition coefficient (Wildman–Crippen LogP) is 0.685. The fraction of sp³-hybridized carbons (Fsp3) is 0.700. The quantitative estimate of drug-likeness (QED) is 0.470. The van der Waals surface area contributed by atoms with Crippen LogP contribution < -0.4 is 5.32 Å². The van der Waals surface area contributed by atoms with E-state index in [4.69, 9.17) is 9.47 Å². The van der Waals surface area contributed by atoms with E-state index in [9.17, 15) is 4.79 Å². The van der Waals surface area contributed by atoms with E-state index >= 15 is 0 Å². The molecule has 0 aliphatic heterocycles. The fourth-order valence-electron chi connectivity index (χ4n) is 0.800. The molecule has 0 bridgehead atoms. The molecule has 1 N–H and O–H groups in total. The molecule has 5 heteroatoms. The average molecular weight is 233 g/mol. The highest BCUT2D eigenvalue weighted by Crippen LogP contribution is 2.05. The van der Waals surface area contributed by atoms with Crippen molar-refractivity contribution in [1.82, 2.24) is 5.32 Å². The molecular weight excluding hydrogens is 214 g/mol. The minimum absolute atomic E-state index is 0.0946.